The third kappa shape index (κ3) is 3.22. The summed E-state index contributed by atoms with van der Waals surface area (Å²) in [4.78, 5) is 28.4. The monoisotopic (exact) mass is 439 g/mol. The molecule has 2 aromatic carbocycles. The van der Waals surface area contributed by atoms with Crippen LogP contribution in [0.2, 0.25) is 0 Å². The van der Waals surface area contributed by atoms with Gasteiger partial charge in [-0.2, -0.15) is 0 Å². The fourth-order valence-electron chi connectivity index (χ4n) is 4.58. The largest absolute Gasteiger partial charge is 0.494 e. The summed E-state index contributed by atoms with van der Waals surface area (Å²) in [5, 5.41) is 0.390. The van der Waals surface area contributed by atoms with Gasteiger partial charge in [-0.15, -0.1) is 0 Å². The van der Waals surface area contributed by atoms with Crippen LogP contribution in [0, 0.1) is 0 Å². The Morgan fingerprint density at radius 2 is 1.94 bits per heavy atom. The summed E-state index contributed by atoms with van der Waals surface area (Å²) < 4.78 is 35.9. The van der Waals surface area contributed by atoms with Gasteiger partial charge in [0.25, 0.3) is 5.91 Å². The van der Waals surface area contributed by atoms with Crippen molar-refractivity contribution in [2.45, 2.75) is 25.4 Å². The van der Waals surface area contributed by atoms with Gasteiger partial charge in [-0.05, 0) is 43.2 Å². The number of fused-ring (bicyclic) bond motifs is 2. The van der Waals surface area contributed by atoms with Gasteiger partial charge in [-0.25, -0.2) is 8.42 Å². The Labute approximate surface area is 179 Å². The van der Waals surface area contributed by atoms with Gasteiger partial charge in [-0.3, -0.25) is 9.59 Å². The van der Waals surface area contributed by atoms with Crippen LogP contribution in [-0.4, -0.2) is 43.4 Å². The summed E-state index contributed by atoms with van der Waals surface area (Å²) in [5.74, 6) is 0.0474. The molecule has 0 spiro atoms. The van der Waals surface area contributed by atoms with Gasteiger partial charge >= 0.3 is 0 Å². The van der Waals surface area contributed by atoms with E-state index < -0.39 is 27.8 Å². The quantitative estimate of drug-likeness (QED) is 0.621. The molecule has 0 aliphatic carbocycles. The average molecular weight is 439 g/mol. The van der Waals surface area contributed by atoms with Crippen LogP contribution in [0.4, 0.5) is 0 Å². The zero-order valence-electron chi connectivity index (χ0n) is 16.9. The zero-order valence-corrected chi connectivity index (χ0v) is 17.7. The molecule has 1 saturated heterocycles. The molecule has 3 aromatic rings. The molecule has 8 heteroatoms. The van der Waals surface area contributed by atoms with Crippen LogP contribution in [0.25, 0.3) is 11.0 Å². The number of carbonyl (C=O) groups excluding carboxylic acids is 1. The molecule has 31 heavy (non-hydrogen) atoms. The third-order valence-electron chi connectivity index (χ3n) is 5.90. The molecule has 1 aromatic heterocycles. The van der Waals surface area contributed by atoms with Crippen LogP contribution in [0.3, 0.4) is 0 Å². The molecule has 0 bridgehead atoms. The van der Waals surface area contributed by atoms with Crippen molar-refractivity contribution in [3.05, 3.63) is 75.6 Å². The van der Waals surface area contributed by atoms with Gasteiger partial charge in [0.1, 0.15) is 11.3 Å². The number of hydrogen-bond donors (Lipinski definition) is 0. The Kier molecular flexibility index (Phi) is 4.62. The van der Waals surface area contributed by atoms with E-state index in [2.05, 4.69) is 0 Å². The highest BCUT2D eigenvalue weighted by Gasteiger charge is 2.48. The molecule has 2 unspecified atom stereocenters. The lowest BCUT2D eigenvalue weighted by Gasteiger charge is -2.30. The number of benzene rings is 2. The Bertz CT molecular complexity index is 1360. The summed E-state index contributed by atoms with van der Waals surface area (Å²) in [6.07, 6.45) is 0.331. The van der Waals surface area contributed by atoms with E-state index in [4.69, 9.17) is 9.15 Å². The lowest BCUT2D eigenvalue weighted by molar-refractivity contribution is 0.0662. The highest BCUT2D eigenvalue weighted by atomic mass is 32.2. The first kappa shape index (κ1) is 19.8. The molecule has 2 aliphatic heterocycles. The second kappa shape index (κ2) is 7.23. The van der Waals surface area contributed by atoms with Crippen molar-refractivity contribution in [3.63, 3.8) is 0 Å². The lowest BCUT2D eigenvalue weighted by atomic mass is 9.97. The van der Waals surface area contributed by atoms with E-state index in [1.54, 1.807) is 42.5 Å². The number of nitrogens with zero attached hydrogens (tertiary/aromatic N) is 1. The fourth-order valence-corrected chi connectivity index (χ4v) is 6.29. The second-order valence-electron chi connectivity index (χ2n) is 7.85. The van der Waals surface area contributed by atoms with Gasteiger partial charge < -0.3 is 14.1 Å². The van der Waals surface area contributed by atoms with Gasteiger partial charge in [0, 0.05) is 6.04 Å². The Balaban J connectivity index is 1.74. The molecule has 3 heterocycles. The highest BCUT2D eigenvalue weighted by Crippen LogP contribution is 2.42. The van der Waals surface area contributed by atoms with Crippen molar-refractivity contribution >= 4 is 26.7 Å². The Morgan fingerprint density at radius 1 is 1.13 bits per heavy atom. The SMILES string of the molecule is CCOc1cccc(C2c3c(oc4ccccc4c3=O)C(=O)N2C2CCS(=O)(=O)C2)c1. The van der Waals surface area contributed by atoms with Gasteiger partial charge in [0.05, 0.1) is 35.1 Å². The normalized spacial score (nSPS) is 22.1. The van der Waals surface area contributed by atoms with Crippen molar-refractivity contribution in [1.82, 2.24) is 4.90 Å². The maximum atomic E-state index is 13.5. The summed E-state index contributed by atoms with van der Waals surface area (Å²) in [5.41, 5.74) is 0.995. The predicted octanol–water partition coefficient (Wildman–Crippen LogP) is 2.92. The maximum absolute atomic E-state index is 13.5. The van der Waals surface area contributed by atoms with Crippen molar-refractivity contribution in [2.75, 3.05) is 18.1 Å². The van der Waals surface area contributed by atoms with Crippen molar-refractivity contribution < 1.29 is 22.4 Å². The smallest absolute Gasteiger partial charge is 0.291 e. The highest BCUT2D eigenvalue weighted by molar-refractivity contribution is 7.91. The van der Waals surface area contributed by atoms with E-state index in [1.807, 2.05) is 13.0 Å². The van der Waals surface area contributed by atoms with Gasteiger partial charge in [0.2, 0.25) is 5.76 Å². The number of para-hydroxylation sites is 1. The molecule has 160 valence electrons. The van der Waals surface area contributed by atoms with Crippen LogP contribution >= 0.6 is 0 Å². The summed E-state index contributed by atoms with van der Waals surface area (Å²) in [6.45, 7) is 2.35. The van der Waals surface area contributed by atoms with E-state index in [0.717, 1.165) is 0 Å². The van der Waals surface area contributed by atoms with Crippen LogP contribution in [0.1, 0.15) is 41.1 Å². The van der Waals surface area contributed by atoms with Gasteiger partial charge in [0.15, 0.2) is 15.3 Å². The van der Waals surface area contributed by atoms with E-state index >= 15 is 0 Å². The zero-order chi connectivity index (χ0) is 21.8. The average Bonchev–Trinajstić information content (AvgIpc) is 3.25. The molecule has 2 atom stereocenters. The molecular weight excluding hydrogens is 418 g/mol. The van der Waals surface area contributed by atoms with Crippen LogP contribution in [-0.2, 0) is 9.84 Å². The summed E-state index contributed by atoms with van der Waals surface area (Å²) >= 11 is 0. The Hall–Kier alpha value is -3.13. The first-order valence-corrected chi connectivity index (χ1v) is 12.0. The minimum atomic E-state index is -3.24. The van der Waals surface area contributed by atoms with Crippen molar-refractivity contribution in [2.24, 2.45) is 0 Å². The molecule has 0 radical (unpaired) electrons. The molecule has 5 rings (SSSR count). The number of ether oxygens (including phenoxy) is 1. The molecule has 2 aliphatic rings. The third-order valence-corrected chi connectivity index (χ3v) is 7.65. The fraction of sp³-hybridized carbons (Fsp3) is 0.304. The van der Waals surface area contributed by atoms with E-state index in [1.165, 1.54) is 4.90 Å². The molecule has 7 nitrogen and oxygen atoms in total. The maximum Gasteiger partial charge on any atom is 0.291 e. The minimum Gasteiger partial charge on any atom is -0.494 e. The standard InChI is InChI=1S/C23H21NO6S/c1-2-29-16-7-5-6-14(12-16)20-19-21(25)17-8-3-4-9-18(17)30-22(19)23(26)24(20)15-10-11-31(27,28)13-15/h3-9,12,15,20H,2,10-11,13H2,1H3. The van der Waals surface area contributed by atoms with Crippen molar-refractivity contribution in [1.29, 1.82) is 0 Å². The minimum absolute atomic E-state index is 0.0141. The first-order valence-electron chi connectivity index (χ1n) is 10.2. The van der Waals surface area contributed by atoms with Crippen LogP contribution in [0.5, 0.6) is 5.75 Å². The van der Waals surface area contributed by atoms with E-state index in [9.17, 15) is 18.0 Å². The van der Waals surface area contributed by atoms with E-state index in [0.29, 0.717) is 35.3 Å². The summed E-state index contributed by atoms with van der Waals surface area (Å²) in [6, 6.07) is 12.8. The van der Waals surface area contributed by atoms with Crippen LogP contribution in [0.15, 0.2) is 57.7 Å². The lowest BCUT2D eigenvalue weighted by Crippen LogP contribution is -2.40. The number of sulfone groups is 1. The molecule has 0 N–H and O–H groups in total. The first-order chi connectivity index (χ1) is 14.9. The number of rotatable bonds is 4. The predicted molar refractivity (Wildman–Crippen MR) is 115 cm³/mol. The Morgan fingerprint density at radius 3 is 2.68 bits per heavy atom. The topological polar surface area (TPSA) is 93.9 Å². The summed E-state index contributed by atoms with van der Waals surface area (Å²) in [7, 11) is -3.24. The van der Waals surface area contributed by atoms with E-state index in [-0.39, 0.29) is 28.3 Å². The molecule has 0 saturated carbocycles. The molecular formula is C23H21NO6S. The number of amides is 1. The number of hydrogen-bond acceptors (Lipinski definition) is 6. The second-order valence-corrected chi connectivity index (χ2v) is 10.1. The van der Waals surface area contributed by atoms with Crippen LogP contribution < -0.4 is 10.2 Å². The van der Waals surface area contributed by atoms with Crippen molar-refractivity contribution in [3.8, 4) is 5.75 Å². The molecule has 1 fully saturated rings. The number of carbonyl (C=O) groups is 1. The van der Waals surface area contributed by atoms with Gasteiger partial charge in [-0.1, -0.05) is 24.3 Å². The molecule has 1 amide bonds.